The van der Waals surface area contributed by atoms with Gasteiger partial charge in [0.1, 0.15) is 5.82 Å². The molecule has 0 radical (unpaired) electrons. The molecular formula is C14H17FN2O2. The molecule has 0 aliphatic rings. The molecule has 1 aromatic carbocycles. The summed E-state index contributed by atoms with van der Waals surface area (Å²) in [6.07, 6.45) is -0.123. The fraction of sp³-hybridized carbons (Fsp3) is 0.357. The summed E-state index contributed by atoms with van der Waals surface area (Å²) in [6, 6.07) is 4.21. The molecular weight excluding hydrogens is 247 g/mol. The molecule has 1 atom stereocenters. The lowest BCUT2D eigenvalue weighted by molar-refractivity contribution is 0.0867. The molecule has 1 rings (SSSR count). The summed E-state index contributed by atoms with van der Waals surface area (Å²) in [5.74, 6) is 4.25. The van der Waals surface area contributed by atoms with Gasteiger partial charge >= 0.3 is 0 Å². The molecule has 1 amide bonds. The van der Waals surface area contributed by atoms with E-state index < -0.39 is 11.7 Å². The van der Waals surface area contributed by atoms with Crippen LogP contribution in [0.15, 0.2) is 18.2 Å². The molecule has 0 aromatic heterocycles. The van der Waals surface area contributed by atoms with Crippen LogP contribution in [-0.4, -0.2) is 32.2 Å². The molecule has 0 aliphatic heterocycles. The first-order chi connectivity index (χ1) is 9.08. The van der Waals surface area contributed by atoms with Gasteiger partial charge in [-0.1, -0.05) is 11.8 Å². The van der Waals surface area contributed by atoms with Crippen LogP contribution in [0, 0.1) is 17.7 Å². The van der Waals surface area contributed by atoms with Gasteiger partial charge in [-0.15, -0.1) is 0 Å². The molecule has 0 bridgehead atoms. The monoisotopic (exact) mass is 264 g/mol. The Hall–Kier alpha value is -1.90. The molecule has 1 unspecified atom stereocenters. The average molecular weight is 264 g/mol. The number of carbonyl (C=O) groups excluding carboxylic acids is 1. The maximum atomic E-state index is 13.7. The van der Waals surface area contributed by atoms with E-state index in [0.29, 0.717) is 12.1 Å². The zero-order valence-corrected chi connectivity index (χ0v) is 11.0. The van der Waals surface area contributed by atoms with Gasteiger partial charge in [0.05, 0.1) is 18.2 Å². The van der Waals surface area contributed by atoms with Crippen LogP contribution < -0.4 is 11.1 Å². The summed E-state index contributed by atoms with van der Waals surface area (Å²) in [5, 5.41) is 2.59. The number of nitrogens with two attached hydrogens (primary N) is 1. The Kier molecular flexibility index (Phi) is 6.00. The summed E-state index contributed by atoms with van der Waals surface area (Å²) < 4.78 is 18.7. The molecule has 0 saturated heterocycles. The highest BCUT2D eigenvalue weighted by molar-refractivity contribution is 5.94. The van der Waals surface area contributed by atoms with Crippen LogP contribution >= 0.6 is 0 Å². The van der Waals surface area contributed by atoms with Crippen LogP contribution in [0.1, 0.15) is 22.8 Å². The van der Waals surface area contributed by atoms with Crippen LogP contribution in [-0.2, 0) is 4.74 Å². The van der Waals surface area contributed by atoms with E-state index in [4.69, 9.17) is 10.5 Å². The van der Waals surface area contributed by atoms with Gasteiger partial charge in [0.2, 0.25) is 0 Å². The van der Waals surface area contributed by atoms with E-state index >= 15 is 0 Å². The second-order valence-electron chi connectivity index (χ2n) is 3.96. The molecule has 19 heavy (non-hydrogen) atoms. The quantitative estimate of drug-likeness (QED) is 0.794. The van der Waals surface area contributed by atoms with E-state index in [2.05, 4.69) is 17.2 Å². The Bertz CT molecular complexity index is 506. The van der Waals surface area contributed by atoms with Gasteiger partial charge in [0.25, 0.3) is 5.91 Å². The molecule has 3 N–H and O–H groups in total. The Morgan fingerprint density at radius 2 is 2.32 bits per heavy atom. The maximum Gasteiger partial charge on any atom is 0.254 e. The highest BCUT2D eigenvalue weighted by atomic mass is 19.1. The minimum atomic E-state index is -0.605. The van der Waals surface area contributed by atoms with Crippen molar-refractivity contribution in [2.24, 2.45) is 5.73 Å². The standard InChI is InChI=1S/C14H17FN2O2/c1-10(19-2)9-17-14(18)12-6-5-11(4-3-7-16)8-13(12)15/h5-6,8,10H,7,9,16H2,1-2H3,(H,17,18). The lowest BCUT2D eigenvalue weighted by Crippen LogP contribution is -2.32. The summed E-state index contributed by atoms with van der Waals surface area (Å²) >= 11 is 0. The van der Waals surface area contributed by atoms with Crippen LogP contribution in [0.2, 0.25) is 0 Å². The van der Waals surface area contributed by atoms with Crippen molar-refractivity contribution in [3.05, 3.63) is 35.1 Å². The van der Waals surface area contributed by atoms with Crippen molar-refractivity contribution in [3.63, 3.8) is 0 Å². The van der Waals surface area contributed by atoms with Crippen LogP contribution in [0.3, 0.4) is 0 Å². The first-order valence-corrected chi connectivity index (χ1v) is 5.88. The van der Waals surface area contributed by atoms with Crippen molar-refractivity contribution < 1.29 is 13.9 Å². The predicted molar refractivity (Wildman–Crippen MR) is 71.1 cm³/mol. The van der Waals surface area contributed by atoms with Gasteiger partial charge < -0.3 is 15.8 Å². The van der Waals surface area contributed by atoms with Gasteiger partial charge in [-0.2, -0.15) is 0 Å². The molecule has 102 valence electrons. The smallest absolute Gasteiger partial charge is 0.254 e. The summed E-state index contributed by atoms with van der Waals surface area (Å²) in [5.41, 5.74) is 5.71. The van der Waals surface area contributed by atoms with E-state index in [1.807, 2.05) is 6.92 Å². The molecule has 0 spiro atoms. The van der Waals surface area contributed by atoms with Crippen molar-refractivity contribution in [2.75, 3.05) is 20.2 Å². The number of hydrogen-bond acceptors (Lipinski definition) is 3. The van der Waals surface area contributed by atoms with Crippen LogP contribution in [0.4, 0.5) is 4.39 Å². The Labute approximate surface area is 112 Å². The second-order valence-corrected chi connectivity index (χ2v) is 3.96. The summed E-state index contributed by atoms with van der Waals surface area (Å²) in [6.45, 7) is 2.34. The van der Waals surface area contributed by atoms with Gasteiger partial charge in [-0.05, 0) is 25.1 Å². The third kappa shape index (κ3) is 4.70. The van der Waals surface area contributed by atoms with E-state index in [1.165, 1.54) is 12.1 Å². The first-order valence-electron chi connectivity index (χ1n) is 5.88. The van der Waals surface area contributed by atoms with E-state index in [-0.39, 0.29) is 18.2 Å². The molecule has 4 nitrogen and oxygen atoms in total. The highest BCUT2D eigenvalue weighted by Crippen LogP contribution is 2.09. The third-order valence-electron chi connectivity index (χ3n) is 2.50. The second kappa shape index (κ2) is 7.52. The lowest BCUT2D eigenvalue weighted by atomic mass is 10.1. The van der Waals surface area contributed by atoms with Crippen molar-refractivity contribution in [2.45, 2.75) is 13.0 Å². The van der Waals surface area contributed by atoms with Crippen LogP contribution in [0.5, 0.6) is 0 Å². The number of amides is 1. The maximum absolute atomic E-state index is 13.7. The summed E-state index contributed by atoms with van der Waals surface area (Å²) in [7, 11) is 1.54. The largest absolute Gasteiger partial charge is 0.380 e. The molecule has 0 fully saturated rings. The van der Waals surface area contributed by atoms with Crippen LogP contribution in [0.25, 0.3) is 0 Å². The number of halogens is 1. The third-order valence-corrected chi connectivity index (χ3v) is 2.50. The number of benzene rings is 1. The van der Waals surface area contributed by atoms with Gasteiger partial charge in [0.15, 0.2) is 0 Å². The minimum absolute atomic E-state index is 0.0124. The number of hydrogen-bond donors (Lipinski definition) is 2. The van der Waals surface area contributed by atoms with Gasteiger partial charge in [-0.3, -0.25) is 4.79 Å². The van der Waals surface area contributed by atoms with Gasteiger partial charge in [0, 0.05) is 19.2 Å². The van der Waals surface area contributed by atoms with Crippen molar-refractivity contribution in [1.29, 1.82) is 0 Å². The fourth-order valence-corrected chi connectivity index (χ4v) is 1.35. The Balaban J connectivity index is 2.76. The topological polar surface area (TPSA) is 64.3 Å². The number of rotatable bonds is 4. The molecule has 0 aliphatic carbocycles. The SMILES string of the molecule is COC(C)CNC(=O)c1ccc(C#CCN)cc1F. The fourth-order valence-electron chi connectivity index (χ4n) is 1.35. The molecule has 0 heterocycles. The van der Waals surface area contributed by atoms with Gasteiger partial charge in [-0.25, -0.2) is 4.39 Å². The van der Waals surface area contributed by atoms with Crippen molar-refractivity contribution >= 4 is 5.91 Å². The summed E-state index contributed by atoms with van der Waals surface area (Å²) in [4.78, 5) is 11.7. The molecule has 0 saturated carbocycles. The normalized spacial score (nSPS) is 11.4. The minimum Gasteiger partial charge on any atom is -0.380 e. The van der Waals surface area contributed by atoms with Crippen molar-refractivity contribution in [3.8, 4) is 11.8 Å². The molecule has 1 aromatic rings. The first kappa shape index (κ1) is 15.2. The Morgan fingerprint density at radius 3 is 2.89 bits per heavy atom. The number of ether oxygens (including phenoxy) is 1. The molecule has 5 heteroatoms. The Morgan fingerprint density at radius 1 is 1.58 bits per heavy atom. The number of nitrogens with one attached hydrogen (secondary N) is 1. The highest BCUT2D eigenvalue weighted by Gasteiger charge is 2.12. The zero-order valence-electron chi connectivity index (χ0n) is 11.0. The van der Waals surface area contributed by atoms with E-state index in [9.17, 15) is 9.18 Å². The average Bonchev–Trinajstić information content (AvgIpc) is 2.42. The number of methoxy groups -OCH3 is 1. The predicted octanol–water partition coefficient (Wildman–Crippen LogP) is 0.901. The van der Waals surface area contributed by atoms with E-state index in [0.717, 1.165) is 0 Å². The zero-order chi connectivity index (χ0) is 14.3. The number of carbonyl (C=O) groups is 1. The van der Waals surface area contributed by atoms with Crippen molar-refractivity contribution in [1.82, 2.24) is 5.32 Å². The van der Waals surface area contributed by atoms with E-state index in [1.54, 1.807) is 13.2 Å². The lowest BCUT2D eigenvalue weighted by Gasteiger charge is -2.11.